The minimum absolute atomic E-state index is 0.00418. The van der Waals surface area contributed by atoms with E-state index in [2.05, 4.69) is 46.5 Å². The number of thiophene rings is 2. The van der Waals surface area contributed by atoms with Crippen LogP contribution >= 0.6 is 22.7 Å². The highest BCUT2D eigenvalue weighted by molar-refractivity contribution is 7.17. The van der Waals surface area contributed by atoms with Gasteiger partial charge in [0.05, 0.1) is 0 Å². The van der Waals surface area contributed by atoms with Crippen molar-refractivity contribution < 1.29 is 10.2 Å². The summed E-state index contributed by atoms with van der Waals surface area (Å²) in [4.78, 5) is 0. The zero-order valence-corrected chi connectivity index (χ0v) is 14.0. The molecule has 5 aromatic carbocycles. The predicted octanol–water partition coefficient (Wildman–Crippen LogP) is 6.42. The number of hydrogen-bond donors (Lipinski definition) is 2. The molecule has 0 amide bonds. The first-order chi connectivity index (χ1) is 11.7. The van der Waals surface area contributed by atoms with E-state index in [0.717, 1.165) is 32.3 Å². The van der Waals surface area contributed by atoms with E-state index >= 15 is 0 Å². The van der Waals surface area contributed by atoms with Gasteiger partial charge in [-0.2, -0.15) is 11.3 Å². The second-order valence-electron chi connectivity index (χ2n) is 6.20. The van der Waals surface area contributed by atoms with Crippen molar-refractivity contribution in [3.05, 3.63) is 46.5 Å². The molecule has 0 spiro atoms. The molecule has 0 atom stereocenters. The lowest BCUT2D eigenvalue weighted by Crippen LogP contribution is -1.88. The second-order valence-corrected chi connectivity index (χ2v) is 7.89. The van der Waals surface area contributed by atoms with Gasteiger partial charge < -0.3 is 10.2 Å². The zero-order chi connectivity index (χ0) is 16.0. The van der Waals surface area contributed by atoms with Crippen LogP contribution in [-0.4, -0.2) is 10.2 Å². The summed E-state index contributed by atoms with van der Waals surface area (Å²) < 4.78 is 1.19. The first-order valence-corrected chi connectivity index (χ1v) is 9.44. The molecule has 7 aromatic rings. The molecule has 0 saturated heterocycles. The maximum absolute atomic E-state index is 10.6. The van der Waals surface area contributed by atoms with Crippen molar-refractivity contribution in [1.29, 1.82) is 0 Å². The predicted molar refractivity (Wildman–Crippen MR) is 104 cm³/mol. The van der Waals surface area contributed by atoms with E-state index in [0.29, 0.717) is 0 Å². The molecule has 2 bridgehead atoms. The molecule has 2 heterocycles. The third-order valence-corrected chi connectivity index (χ3v) is 6.64. The third kappa shape index (κ3) is 1.37. The van der Waals surface area contributed by atoms with E-state index in [1.54, 1.807) is 22.7 Å². The molecule has 0 aliphatic rings. The quantitative estimate of drug-likeness (QED) is 0.246. The van der Waals surface area contributed by atoms with Crippen LogP contribution in [0.3, 0.4) is 0 Å². The summed E-state index contributed by atoms with van der Waals surface area (Å²) in [6.45, 7) is 0. The number of aromatic hydroxyl groups is 2. The molecule has 4 heteroatoms. The first kappa shape index (κ1) is 12.8. The summed E-state index contributed by atoms with van der Waals surface area (Å²) in [7, 11) is 0. The van der Waals surface area contributed by atoms with E-state index in [1.165, 1.54) is 20.9 Å². The van der Waals surface area contributed by atoms with Crippen LogP contribution in [0.15, 0.2) is 46.5 Å². The first-order valence-electron chi connectivity index (χ1n) is 7.62. The van der Waals surface area contributed by atoms with Crippen LogP contribution in [0, 0.1) is 0 Å². The van der Waals surface area contributed by atoms with Crippen LogP contribution in [0.4, 0.5) is 0 Å². The molecule has 0 radical (unpaired) electrons. The highest BCUT2D eigenvalue weighted by Gasteiger charge is 2.22. The van der Waals surface area contributed by atoms with Gasteiger partial charge in [-0.15, -0.1) is 11.3 Å². The van der Waals surface area contributed by atoms with Crippen molar-refractivity contribution in [1.82, 2.24) is 0 Å². The Morgan fingerprint density at radius 2 is 1.21 bits per heavy atom. The average Bonchev–Trinajstić information content (AvgIpc) is 3.21. The van der Waals surface area contributed by atoms with Gasteiger partial charge in [-0.25, -0.2) is 0 Å². The normalized spacial score (nSPS) is 12.5. The van der Waals surface area contributed by atoms with Gasteiger partial charge in [-0.1, -0.05) is 0 Å². The molecule has 2 nitrogen and oxygen atoms in total. The summed E-state index contributed by atoms with van der Waals surface area (Å²) in [5.41, 5.74) is 0. The Hall–Kier alpha value is -2.56. The molecule has 0 saturated carbocycles. The number of benzene rings is 5. The Morgan fingerprint density at radius 1 is 0.667 bits per heavy atom. The van der Waals surface area contributed by atoms with Crippen LogP contribution in [-0.2, 0) is 0 Å². The fraction of sp³-hybridized carbons (Fsp3) is 0. The lowest BCUT2D eigenvalue weighted by atomic mass is 9.89. The van der Waals surface area contributed by atoms with Crippen molar-refractivity contribution in [3.8, 4) is 11.5 Å². The molecule has 24 heavy (non-hydrogen) atoms. The van der Waals surface area contributed by atoms with E-state index in [9.17, 15) is 10.2 Å². The molecule has 7 rings (SSSR count). The van der Waals surface area contributed by atoms with Gasteiger partial charge >= 0.3 is 0 Å². The summed E-state index contributed by atoms with van der Waals surface area (Å²) in [5.74, 6) is -0.00959. The van der Waals surface area contributed by atoms with Gasteiger partial charge in [0, 0.05) is 15.5 Å². The minimum atomic E-state index is -0.00541. The topological polar surface area (TPSA) is 40.5 Å². The summed E-state index contributed by atoms with van der Waals surface area (Å²) >= 11 is 3.36. The van der Waals surface area contributed by atoms with Crippen molar-refractivity contribution in [2.75, 3.05) is 0 Å². The largest absolute Gasteiger partial charge is 0.504 e. The Bertz CT molecular complexity index is 1220. The number of fused-ring (bicyclic) bond motifs is 3. The van der Waals surface area contributed by atoms with Crippen LogP contribution in [0.1, 0.15) is 0 Å². The van der Waals surface area contributed by atoms with Crippen LogP contribution in [0.2, 0.25) is 0 Å². The molecule has 0 aliphatic heterocycles. The molecular formula is C20H10O2S2. The third-order valence-electron chi connectivity index (χ3n) is 4.98. The molecular weight excluding hydrogens is 336 g/mol. The van der Waals surface area contributed by atoms with Gasteiger partial charge in [-0.3, -0.25) is 0 Å². The monoisotopic (exact) mass is 346 g/mol. The van der Waals surface area contributed by atoms with E-state index in [-0.39, 0.29) is 11.5 Å². The second kappa shape index (κ2) is 4.09. The van der Waals surface area contributed by atoms with Crippen LogP contribution in [0.25, 0.3) is 53.2 Å². The Morgan fingerprint density at radius 3 is 1.83 bits per heavy atom. The number of hydrogen-bond acceptors (Lipinski definition) is 4. The lowest BCUT2D eigenvalue weighted by molar-refractivity contribution is 0.412. The Balaban J connectivity index is 2.02. The van der Waals surface area contributed by atoms with Crippen LogP contribution in [0.5, 0.6) is 11.5 Å². The molecule has 0 aliphatic carbocycles. The maximum Gasteiger partial charge on any atom is 0.166 e. The Kier molecular flexibility index (Phi) is 2.19. The lowest BCUT2D eigenvalue weighted by Gasteiger charge is -2.17. The minimum Gasteiger partial charge on any atom is -0.504 e. The van der Waals surface area contributed by atoms with E-state index < -0.39 is 0 Å². The smallest absolute Gasteiger partial charge is 0.166 e. The zero-order valence-electron chi connectivity index (χ0n) is 12.3. The number of phenolic OH excluding ortho intramolecular Hbond substituents is 2. The van der Waals surface area contributed by atoms with Crippen molar-refractivity contribution >= 4 is 75.8 Å². The van der Waals surface area contributed by atoms with Crippen molar-refractivity contribution in [2.45, 2.75) is 0 Å². The molecule has 0 unspecified atom stereocenters. The SMILES string of the molecule is Oc1c(O)c2c3cc4cscc4cc3c1c1cc3ccsc3cc12. The molecule has 0 fully saturated rings. The maximum atomic E-state index is 10.6. The fourth-order valence-electron chi connectivity index (χ4n) is 3.89. The van der Waals surface area contributed by atoms with Gasteiger partial charge in [-0.05, 0) is 84.2 Å². The summed E-state index contributed by atoms with van der Waals surface area (Å²) in [5, 5.41) is 36.5. The van der Waals surface area contributed by atoms with E-state index in [4.69, 9.17) is 0 Å². The highest BCUT2D eigenvalue weighted by Crippen LogP contribution is 2.51. The average molecular weight is 346 g/mol. The summed E-state index contributed by atoms with van der Waals surface area (Å²) in [6, 6.07) is 10.6. The highest BCUT2D eigenvalue weighted by atomic mass is 32.1. The van der Waals surface area contributed by atoms with Gasteiger partial charge in [0.25, 0.3) is 0 Å². The van der Waals surface area contributed by atoms with Gasteiger partial charge in [0.15, 0.2) is 11.5 Å². The van der Waals surface area contributed by atoms with Crippen molar-refractivity contribution in [3.63, 3.8) is 0 Å². The fourth-order valence-corrected chi connectivity index (χ4v) is 5.47. The van der Waals surface area contributed by atoms with Crippen LogP contribution < -0.4 is 0 Å². The van der Waals surface area contributed by atoms with E-state index in [1.807, 2.05) is 0 Å². The molecule has 2 N–H and O–H groups in total. The van der Waals surface area contributed by atoms with Gasteiger partial charge in [0.1, 0.15) is 0 Å². The van der Waals surface area contributed by atoms with Crippen molar-refractivity contribution in [2.24, 2.45) is 0 Å². The Labute approximate surface area is 144 Å². The number of rotatable bonds is 0. The molecule has 114 valence electrons. The standard InChI is InChI=1S/C20H10O2S2/c21-19-17-12-3-9-1-2-24-16(9)6-15(12)18(20(19)22)14-5-11-8-23-7-10(11)4-13(14)17/h1-8,21-22H. The molecule has 2 aromatic heterocycles. The van der Waals surface area contributed by atoms with Gasteiger partial charge in [0.2, 0.25) is 0 Å². The number of phenols is 4. The summed E-state index contributed by atoms with van der Waals surface area (Å²) in [6.07, 6.45) is 0.